The highest BCUT2D eigenvalue weighted by Gasteiger charge is 2.27. The Kier molecular flexibility index (Phi) is 1.92. The molecular formula is C15H18N2. The fourth-order valence-corrected chi connectivity index (χ4v) is 3.76. The van der Waals surface area contributed by atoms with E-state index >= 15 is 0 Å². The normalized spacial score (nSPS) is 22.8. The molecule has 88 valence electrons. The van der Waals surface area contributed by atoms with Crippen LogP contribution < -0.4 is 5.73 Å². The summed E-state index contributed by atoms with van der Waals surface area (Å²) < 4.78 is 2.52. The van der Waals surface area contributed by atoms with Gasteiger partial charge >= 0.3 is 0 Å². The van der Waals surface area contributed by atoms with E-state index in [1.165, 1.54) is 47.8 Å². The lowest BCUT2D eigenvalue weighted by molar-refractivity contribution is 0.510. The van der Waals surface area contributed by atoms with Crippen LogP contribution in [0.2, 0.25) is 0 Å². The summed E-state index contributed by atoms with van der Waals surface area (Å²) in [7, 11) is 0. The van der Waals surface area contributed by atoms with Crippen LogP contribution in [0.1, 0.15) is 42.1 Å². The molecule has 2 aromatic rings. The molecule has 2 heteroatoms. The van der Waals surface area contributed by atoms with Gasteiger partial charge in [-0.25, -0.2) is 0 Å². The molecule has 0 saturated carbocycles. The van der Waals surface area contributed by atoms with Crippen LogP contribution in [-0.2, 0) is 19.4 Å². The van der Waals surface area contributed by atoms with Crippen LogP contribution in [0.25, 0.3) is 10.9 Å². The number of nitrogens with zero attached hydrogens (tertiary/aromatic N) is 1. The van der Waals surface area contributed by atoms with E-state index < -0.39 is 0 Å². The maximum Gasteiger partial charge on any atom is 0.0518 e. The van der Waals surface area contributed by atoms with E-state index in [9.17, 15) is 0 Å². The Morgan fingerprint density at radius 1 is 1.18 bits per heavy atom. The Morgan fingerprint density at radius 2 is 2.12 bits per heavy atom. The number of benzene rings is 1. The van der Waals surface area contributed by atoms with Gasteiger partial charge in [-0.15, -0.1) is 0 Å². The Bertz CT molecular complexity index is 594. The molecule has 1 atom stereocenters. The Balaban J connectivity index is 2.15. The third-order valence-electron chi connectivity index (χ3n) is 4.44. The number of fused-ring (bicyclic) bond motifs is 3. The Morgan fingerprint density at radius 3 is 3.06 bits per heavy atom. The summed E-state index contributed by atoms with van der Waals surface area (Å²) in [4.78, 5) is 0. The van der Waals surface area contributed by atoms with Crippen molar-refractivity contribution >= 4 is 10.9 Å². The zero-order chi connectivity index (χ0) is 11.4. The first kappa shape index (κ1) is 9.72. The molecule has 0 bridgehead atoms. The number of aryl methyl sites for hydroxylation is 3. The molecule has 2 heterocycles. The Labute approximate surface area is 101 Å². The van der Waals surface area contributed by atoms with Gasteiger partial charge in [0.25, 0.3) is 0 Å². The van der Waals surface area contributed by atoms with Gasteiger partial charge < -0.3 is 10.3 Å². The SMILES string of the molecule is NC1CCCc2c1n1c3c(cccc23)CCC1. The highest BCUT2D eigenvalue weighted by atomic mass is 15.0. The monoisotopic (exact) mass is 226 g/mol. The van der Waals surface area contributed by atoms with E-state index in [1.807, 2.05) is 0 Å². The summed E-state index contributed by atoms with van der Waals surface area (Å²) in [5, 5.41) is 1.48. The molecular weight excluding hydrogens is 208 g/mol. The van der Waals surface area contributed by atoms with Gasteiger partial charge in [-0.1, -0.05) is 18.2 Å². The van der Waals surface area contributed by atoms with Crippen LogP contribution in [0.5, 0.6) is 0 Å². The lowest BCUT2D eigenvalue weighted by Gasteiger charge is -2.24. The first-order valence-electron chi connectivity index (χ1n) is 6.74. The number of aromatic nitrogens is 1. The maximum atomic E-state index is 6.34. The van der Waals surface area contributed by atoms with Gasteiger partial charge in [0.2, 0.25) is 0 Å². The molecule has 4 rings (SSSR count). The highest BCUT2D eigenvalue weighted by Crippen LogP contribution is 2.39. The van der Waals surface area contributed by atoms with E-state index in [0.717, 1.165) is 13.0 Å². The molecule has 2 aliphatic rings. The smallest absolute Gasteiger partial charge is 0.0518 e. The van der Waals surface area contributed by atoms with Crippen molar-refractivity contribution < 1.29 is 0 Å². The van der Waals surface area contributed by atoms with Crippen molar-refractivity contribution in [2.24, 2.45) is 5.73 Å². The topological polar surface area (TPSA) is 30.9 Å². The first-order chi connectivity index (χ1) is 8.36. The molecule has 0 fully saturated rings. The third-order valence-corrected chi connectivity index (χ3v) is 4.44. The largest absolute Gasteiger partial charge is 0.343 e. The minimum absolute atomic E-state index is 0.261. The molecule has 17 heavy (non-hydrogen) atoms. The van der Waals surface area contributed by atoms with Crippen LogP contribution in [0, 0.1) is 0 Å². The lowest BCUT2D eigenvalue weighted by atomic mass is 9.92. The number of rotatable bonds is 0. The summed E-state index contributed by atoms with van der Waals surface area (Å²) in [6.07, 6.45) is 6.11. The van der Waals surface area contributed by atoms with Crippen molar-refractivity contribution in [3.63, 3.8) is 0 Å². The number of hydrogen-bond acceptors (Lipinski definition) is 1. The lowest BCUT2D eigenvalue weighted by Crippen LogP contribution is -2.21. The van der Waals surface area contributed by atoms with Crippen molar-refractivity contribution in [1.82, 2.24) is 4.57 Å². The number of para-hydroxylation sites is 1. The fraction of sp³-hybridized carbons (Fsp3) is 0.467. The van der Waals surface area contributed by atoms with E-state index in [-0.39, 0.29) is 6.04 Å². The summed E-state index contributed by atoms with van der Waals surface area (Å²) in [5.74, 6) is 0. The van der Waals surface area contributed by atoms with Crippen LogP contribution in [0.4, 0.5) is 0 Å². The van der Waals surface area contributed by atoms with Crippen molar-refractivity contribution in [3.8, 4) is 0 Å². The van der Waals surface area contributed by atoms with Gasteiger partial charge in [0, 0.05) is 23.7 Å². The second kappa shape index (κ2) is 3.36. The zero-order valence-corrected chi connectivity index (χ0v) is 10.1. The average Bonchev–Trinajstić information content (AvgIpc) is 2.69. The minimum Gasteiger partial charge on any atom is -0.343 e. The first-order valence-corrected chi connectivity index (χ1v) is 6.74. The van der Waals surface area contributed by atoms with Crippen LogP contribution in [0.15, 0.2) is 18.2 Å². The molecule has 1 aliphatic carbocycles. The molecule has 1 aromatic carbocycles. The van der Waals surface area contributed by atoms with Gasteiger partial charge in [-0.3, -0.25) is 0 Å². The van der Waals surface area contributed by atoms with Gasteiger partial charge in [0.15, 0.2) is 0 Å². The average molecular weight is 226 g/mol. The number of hydrogen-bond donors (Lipinski definition) is 1. The van der Waals surface area contributed by atoms with Crippen LogP contribution in [-0.4, -0.2) is 4.57 Å². The van der Waals surface area contributed by atoms with Gasteiger partial charge in [-0.05, 0) is 43.2 Å². The summed E-state index contributed by atoms with van der Waals surface area (Å²) >= 11 is 0. The molecule has 0 radical (unpaired) electrons. The van der Waals surface area contributed by atoms with Crippen LogP contribution >= 0.6 is 0 Å². The van der Waals surface area contributed by atoms with Crippen LogP contribution in [0.3, 0.4) is 0 Å². The van der Waals surface area contributed by atoms with Gasteiger partial charge in [-0.2, -0.15) is 0 Å². The molecule has 0 spiro atoms. The predicted octanol–water partition coefficient (Wildman–Crippen LogP) is 2.92. The molecule has 1 aromatic heterocycles. The van der Waals surface area contributed by atoms with E-state index in [4.69, 9.17) is 5.73 Å². The molecule has 2 N–H and O–H groups in total. The molecule has 0 saturated heterocycles. The van der Waals surface area contributed by atoms with Crippen molar-refractivity contribution in [3.05, 3.63) is 35.0 Å². The fourth-order valence-electron chi connectivity index (χ4n) is 3.76. The second-order valence-corrected chi connectivity index (χ2v) is 5.43. The van der Waals surface area contributed by atoms with Gasteiger partial charge in [0.1, 0.15) is 0 Å². The third kappa shape index (κ3) is 1.19. The summed E-state index contributed by atoms with van der Waals surface area (Å²) in [6.45, 7) is 1.16. The Hall–Kier alpha value is -1.28. The summed E-state index contributed by atoms with van der Waals surface area (Å²) in [5.41, 5.74) is 12.3. The minimum atomic E-state index is 0.261. The van der Waals surface area contributed by atoms with Crippen molar-refractivity contribution in [2.75, 3.05) is 0 Å². The van der Waals surface area contributed by atoms with Gasteiger partial charge in [0.05, 0.1) is 5.52 Å². The van der Waals surface area contributed by atoms with E-state index in [2.05, 4.69) is 22.8 Å². The zero-order valence-electron chi connectivity index (χ0n) is 10.1. The molecule has 1 aliphatic heterocycles. The second-order valence-electron chi connectivity index (χ2n) is 5.43. The molecule has 0 amide bonds. The molecule has 1 unspecified atom stereocenters. The summed E-state index contributed by atoms with van der Waals surface area (Å²) in [6, 6.07) is 7.05. The standard InChI is InChI=1S/C15H18N2/c16-13-8-2-7-12-11-6-1-4-10-5-3-9-17(14(10)11)15(12)13/h1,4,6,13H,2-3,5,7-9,16H2. The van der Waals surface area contributed by atoms with Crippen molar-refractivity contribution in [1.29, 1.82) is 0 Å². The predicted molar refractivity (Wildman–Crippen MR) is 70.1 cm³/mol. The number of nitrogens with two attached hydrogens (primary N) is 1. The van der Waals surface area contributed by atoms with E-state index in [1.54, 1.807) is 5.56 Å². The van der Waals surface area contributed by atoms with E-state index in [0.29, 0.717) is 0 Å². The molecule has 2 nitrogen and oxygen atoms in total. The van der Waals surface area contributed by atoms with Crippen molar-refractivity contribution in [2.45, 2.75) is 44.7 Å². The quantitative estimate of drug-likeness (QED) is 0.735. The maximum absolute atomic E-state index is 6.34. The highest BCUT2D eigenvalue weighted by molar-refractivity contribution is 5.89.